The average molecular weight is 239 g/mol. The van der Waals surface area contributed by atoms with Crippen molar-refractivity contribution in [1.29, 1.82) is 0 Å². The number of hydrogen-bond acceptors (Lipinski definition) is 4. The predicted molar refractivity (Wildman–Crippen MR) is 70.2 cm³/mol. The van der Waals surface area contributed by atoms with Crippen LogP contribution in [0.5, 0.6) is 0 Å². The maximum atomic E-state index is 4.54. The molecule has 0 amide bonds. The van der Waals surface area contributed by atoms with Gasteiger partial charge in [0, 0.05) is 25.5 Å². The second kappa shape index (κ2) is 4.72. The molecule has 0 saturated heterocycles. The van der Waals surface area contributed by atoms with E-state index >= 15 is 0 Å². The van der Waals surface area contributed by atoms with Gasteiger partial charge in [0.05, 0.1) is 5.69 Å². The van der Waals surface area contributed by atoms with Crippen LogP contribution in [-0.4, -0.2) is 25.6 Å². The van der Waals surface area contributed by atoms with Crippen molar-refractivity contribution in [2.75, 3.05) is 25.5 Å². The second-order valence-electron chi connectivity index (χ2n) is 5.00. The number of rotatable bonds is 5. The lowest BCUT2D eigenvalue weighted by atomic mass is 10.3. The van der Waals surface area contributed by atoms with Gasteiger partial charge in [0.15, 0.2) is 5.13 Å². The zero-order valence-corrected chi connectivity index (χ0v) is 11.4. The van der Waals surface area contributed by atoms with Crippen molar-refractivity contribution in [2.24, 2.45) is 11.8 Å². The van der Waals surface area contributed by atoms with Crippen LogP contribution in [0.15, 0.2) is 0 Å². The molecule has 1 saturated carbocycles. The van der Waals surface area contributed by atoms with Crippen molar-refractivity contribution in [1.82, 2.24) is 10.3 Å². The molecule has 2 atom stereocenters. The highest BCUT2D eigenvalue weighted by Crippen LogP contribution is 2.36. The number of aromatic nitrogens is 1. The molecule has 90 valence electrons. The number of anilines is 1. The van der Waals surface area contributed by atoms with Crippen LogP contribution in [0.2, 0.25) is 0 Å². The summed E-state index contributed by atoms with van der Waals surface area (Å²) in [5.41, 5.74) is 1.17. The Bertz CT molecular complexity index is 359. The average Bonchev–Trinajstić information content (AvgIpc) is 2.77. The van der Waals surface area contributed by atoms with Crippen molar-refractivity contribution in [2.45, 2.75) is 26.8 Å². The molecule has 0 aliphatic heterocycles. The van der Waals surface area contributed by atoms with E-state index in [0.29, 0.717) is 0 Å². The van der Waals surface area contributed by atoms with Crippen LogP contribution in [0.3, 0.4) is 0 Å². The number of nitrogens with zero attached hydrogens (tertiary/aromatic N) is 2. The van der Waals surface area contributed by atoms with E-state index in [0.717, 1.165) is 30.1 Å². The first-order valence-electron chi connectivity index (χ1n) is 5.92. The summed E-state index contributed by atoms with van der Waals surface area (Å²) in [5.74, 6) is 1.86. The molecule has 0 aromatic carbocycles. The highest BCUT2D eigenvalue weighted by atomic mass is 32.1. The van der Waals surface area contributed by atoms with Gasteiger partial charge in [0.25, 0.3) is 0 Å². The van der Waals surface area contributed by atoms with Crippen molar-refractivity contribution < 1.29 is 0 Å². The number of hydrogen-bond donors (Lipinski definition) is 1. The van der Waals surface area contributed by atoms with Crippen molar-refractivity contribution in [3.05, 3.63) is 10.6 Å². The standard InChI is InChI=1S/C12H21N3S/c1-8-5-10(8)6-13-7-11-9(2)14-12(16-11)15(3)4/h8,10,13H,5-7H2,1-4H3. The molecule has 1 aromatic heterocycles. The van der Waals surface area contributed by atoms with E-state index in [1.807, 2.05) is 14.1 Å². The van der Waals surface area contributed by atoms with E-state index in [4.69, 9.17) is 0 Å². The van der Waals surface area contributed by atoms with Crippen LogP contribution in [0.1, 0.15) is 23.9 Å². The van der Waals surface area contributed by atoms with Crippen LogP contribution >= 0.6 is 11.3 Å². The van der Waals surface area contributed by atoms with Crippen LogP contribution in [0.25, 0.3) is 0 Å². The summed E-state index contributed by atoms with van der Waals surface area (Å²) in [6, 6.07) is 0. The summed E-state index contributed by atoms with van der Waals surface area (Å²) in [7, 11) is 4.09. The summed E-state index contributed by atoms with van der Waals surface area (Å²) in [4.78, 5) is 7.99. The van der Waals surface area contributed by atoms with Gasteiger partial charge in [-0.05, 0) is 31.7 Å². The topological polar surface area (TPSA) is 28.2 Å². The Morgan fingerprint density at radius 1 is 1.50 bits per heavy atom. The fourth-order valence-corrected chi connectivity index (χ4v) is 2.78. The fraction of sp³-hybridized carbons (Fsp3) is 0.750. The summed E-state index contributed by atoms with van der Waals surface area (Å²) in [5, 5.41) is 4.64. The van der Waals surface area contributed by atoms with Crippen molar-refractivity contribution >= 4 is 16.5 Å². The van der Waals surface area contributed by atoms with Gasteiger partial charge in [0.2, 0.25) is 0 Å². The van der Waals surface area contributed by atoms with Gasteiger partial charge in [-0.15, -0.1) is 11.3 Å². The normalized spacial score (nSPS) is 23.5. The van der Waals surface area contributed by atoms with E-state index in [2.05, 4.69) is 29.0 Å². The maximum Gasteiger partial charge on any atom is 0.185 e. The third-order valence-electron chi connectivity index (χ3n) is 3.23. The summed E-state index contributed by atoms with van der Waals surface area (Å²) in [6.07, 6.45) is 1.40. The van der Waals surface area contributed by atoms with E-state index in [9.17, 15) is 0 Å². The first kappa shape index (κ1) is 11.9. The van der Waals surface area contributed by atoms with Gasteiger partial charge < -0.3 is 10.2 Å². The third kappa shape index (κ3) is 2.74. The number of thiazole rings is 1. The van der Waals surface area contributed by atoms with E-state index in [-0.39, 0.29) is 0 Å². The van der Waals surface area contributed by atoms with Gasteiger partial charge in [-0.3, -0.25) is 0 Å². The lowest BCUT2D eigenvalue weighted by molar-refractivity contribution is 0.614. The molecule has 16 heavy (non-hydrogen) atoms. The highest BCUT2D eigenvalue weighted by molar-refractivity contribution is 7.15. The Labute approximate surface area is 102 Å². The summed E-state index contributed by atoms with van der Waals surface area (Å²) >= 11 is 1.79. The first-order chi connectivity index (χ1) is 7.58. The fourth-order valence-electron chi connectivity index (χ4n) is 1.82. The second-order valence-corrected chi connectivity index (χ2v) is 6.07. The Balaban J connectivity index is 1.83. The SMILES string of the molecule is Cc1nc(N(C)C)sc1CNCC1CC1C. The molecule has 4 heteroatoms. The molecule has 0 bridgehead atoms. The lowest BCUT2D eigenvalue weighted by Gasteiger charge is -2.05. The molecule has 3 nitrogen and oxygen atoms in total. The summed E-state index contributed by atoms with van der Waals surface area (Å²) < 4.78 is 0. The molecule has 1 aliphatic carbocycles. The number of aryl methyl sites for hydroxylation is 1. The van der Waals surface area contributed by atoms with Gasteiger partial charge in [-0.2, -0.15) is 0 Å². The predicted octanol–water partition coefficient (Wildman–Crippen LogP) is 2.26. The molecule has 0 spiro atoms. The zero-order valence-electron chi connectivity index (χ0n) is 10.6. The van der Waals surface area contributed by atoms with Crippen LogP contribution in [0.4, 0.5) is 5.13 Å². The van der Waals surface area contributed by atoms with Gasteiger partial charge in [0.1, 0.15) is 0 Å². The Hall–Kier alpha value is -0.610. The molecule has 2 rings (SSSR count). The van der Waals surface area contributed by atoms with E-state index < -0.39 is 0 Å². The van der Waals surface area contributed by atoms with Crippen molar-refractivity contribution in [3.8, 4) is 0 Å². The lowest BCUT2D eigenvalue weighted by Crippen LogP contribution is -2.16. The van der Waals surface area contributed by atoms with E-state index in [1.165, 1.54) is 17.0 Å². The minimum Gasteiger partial charge on any atom is -0.354 e. The quantitative estimate of drug-likeness (QED) is 0.854. The van der Waals surface area contributed by atoms with Gasteiger partial charge >= 0.3 is 0 Å². The third-order valence-corrected chi connectivity index (χ3v) is 4.56. The minimum absolute atomic E-state index is 0.918. The van der Waals surface area contributed by atoms with Crippen LogP contribution in [-0.2, 0) is 6.54 Å². The first-order valence-corrected chi connectivity index (χ1v) is 6.74. The minimum atomic E-state index is 0.918. The zero-order chi connectivity index (χ0) is 11.7. The molecular weight excluding hydrogens is 218 g/mol. The number of nitrogens with one attached hydrogen (secondary N) is 1. The van der Waals surface area contributed by atoms with Gasteiger partial charge in [-0.1, -0.05) is 6.92 Å². The summed E-state index contributed by atoms with van der Waals surface area (Å²) in [6.45, 7) is 6.56. The highest BCUT2D eigenvalue weighted by Gasteiger charge is 2.31. The molecule has 1 aromatic rings. The molecule has 1 aliphatic rings. The van der Waals surface area contributed by atoms with Crippen molar-refractivity contribution in [3.63, 3.8) is 0 Å². The smallest absolute Gasteiger partial charge is 0.185 e. The molecule has 1 heterocycles. The van der Waals surface area contributed by atoms with Crippen LogP contribution < -0.4 is 10.2 Å². The molecule has 2 unspecified atom stereocenters. The van der Waals surface area contributed by atoms with E-state index in [1.54, 1.807) is 11.3 Å². The monoisotopic (exact) mass is 239 g/mol. The van der Waals surface area contributed by atoms with Crippen LogP contribution in [0, 0.1) is 18.8 Å². The Morgan fingerprint density at radius 3 is 2.69 bits per heavy atom. The molecular formula is C12H21N3S. The Morgan fingerprint density at radius 2 is 2.19 bits per heavy atom. The molecule has 1 N–H and O–H groups in total. The largest absolute Gasteiger partial charge is 0.354 e. The van der Waals surface area contributed by atoms with Gasteiger partial charge in [-0.25, -0.2) is 4.98 Å². The molecule has 1 fully saturated rings. The maximum absolute atomic E-state index is 4.54. The molecule has 0 radical (unpaired) electrons. The Kier molecular flexibility index (Phi) is 3.50.